The number of para-hydroxylation sites is 1. The molecule has 0 radical (unpaired) electrons. The van der Waals surface area contributed by atoms with Gasteiger partial charge in [0.25, 0.3) is 0 Å². The molecule has 0 aliphatic rings. The molecule has 0 saturated carbocycles. The standard InChI is InChI=1S/C14H20BrNO3/c1-14(2,15)13(18)16(8-9-17)10-11-6-4-5-7-12(11)19-3/h4-7,17H,8-10H2,1-3H3. The van der Waals surface area contributed by atoms with Crippen LogP contribution < -0.4 is 4.74 Å². The molecule has 106 valence electrons. The lowest BCUT2D eigenvalue weighted by molar-refractivity contribution is -0.133. The first-order valence-electron chi connectivity index (χ1n) is 6.11. The molecule has 0 heterocycles. The van der Waals surface area contributed by atoms with E-state index in [1.807, 2.05) is 24.3 Å². The van der Waals surface area contributed by atoms with E-state index in [4.69, 9.17) is 9.84 Å². The summed E-state index contributed by atoms with van der Waals surface area (Å²) in [6, 6.07) is 7.56. The van der Waals surface area contributed by atoms with Gasteiger partial charge in [0, 0.05) is 18.7 Å². The summed E-state index contributed by atoms with van der Waals surface area (Å²) in [4.78, 5) is 13.9. The van der Waals surface area contributed by atoms with Gasteiger partial charge in [-0.25, -0.2) is 0 Å². The Balaban J connectivity index is 2.93. The summed E-state index contributed by atoms with van der Waals surface area (Å²) in [6.07, 6.45) is 0. The molecule has 1 N–H and O–H groups in total. The number of aliphatic hydroxyl groups is 1. The number of benzene rings is 1. The number of aliphatic hydroxyl groups excluding tert-OH is 1. The third-order valence-corrected chi connectivity index (χ3v) is 3.06. The van der Waals surface area contributed by atoms with Crippen LogP contribution in [0.1, 0.15) is 19.4 Å². The minimum atomic E-state index is -0.649. The molecule has 0 bridgehead atoms. The topological polar surface area (TPSA) is 49.8 Å². The summed E-state index contributed by atoms with van der Waals surface area (Å²) in [5, 5.41) is 9.12. The van der Waals surface area contributed by atoms with E-state index in [1.54, 1.807) is 25.9 Å². The first kappa shape index (κ1) is 16.0. The van der Waals surface area contributed by atoms with Crippen LogP contribution in [0.25, 0.3) is 0 Å². The minimum absolute atomic E-state index is 0.0625. The molecule has 1 rings (SSSR count). The van der Waals surface area contributed by atoms with Gasteiger partial charge in [-0.3, -0.25) is 4.79 Å². The molecule has 0 aliphatic carbocycles. The molecule has 0 fully saturated rings. The van der Waals surface area contributed by atoms with Gasteiger partial charge in [-0.15, -0.1) is 0 Å². The van der Waals surface area contributed by atoms with Gasteiger partial charge in [-0.1, -0.05) is 34.1 Å². The molecule has 0 saturated heterocycles. The maximum atomic E-state index is 12.3. The normalized spacial score (nSPS) is 11.2. The summed E-state index contributed by atoms with van der Waals surface area (Å²) in [5.74, 6) is 0.679. The van der Waals surface area contributed by atoms with Crippen molar-refractivity contribution in [1.82, 2.24) is 4.90 Å². The first-order valence-corrected chi connectivity index (χ1v) is 6.90. The fraction of sp³-hybridized carbons (Fsp3) is 0.500. The summed E-state index contributed by atoms with van der Waals surface area (Å²) in [5.41, 5.74) is 0.920. The molecule has 4 nitrogen and oxygen atoms in total. The van der Waals surface area contributed by atoms with Gasteiger partial charge in [0.2, 0.25) is 5.91 Å². The van der Waals surface area contributed by atoms with E-state index in [-0.39, 0.29) is 12.5 Å². The zero-order valence-electron chi connectivity index (χ0n) is 11.5. The lowest BCUT2D eigenvalue weighted by atomic mass is 10.1. The first-order chi connectivity index (χ1) is 8.90. The second-order valence-electron chi connectivity index (χ2n) is 4.73. The van der Waals surface area contributed by atoms with Gasteiger partial charge < -0.3 is 14.7 Å². The number of nitrogens with zero attached hydrogens (tertiary/aromatic N) is 1. The third kappa shape index (κ3) is 4.51. The second-order valence-corrected chi connectivity index (χ2v) is 6.72. The van der Waals surface area contributed by atoms with Crippen LogP contribution in [0.15, 0.2) is 24.3 Å². The Morgan fingerprint density at radius 1 is 1.42 bits per heavy atom. The van der Waals surface area contributed by atoms with Crippen LogP contribution in [0.4, 0.5) is 0 Å². The van der Waals surface area contributed by atoms with Crippen LogP contribution in [0.2, 0.25) is 0 Å². The molecular formula is C14H20BrNO3. The van der Waals surface area contributed by atoms with Gasteiger partial charge in [0.1, 0.15) is 5.75 Å². The summed E-state index contributed by atoms with van der Waals surface area (Å²) >= 11 is 3.36. The number of carbonyl (C=O) groups excluding carboxylic acids is 1. The van der Waals surface area contributed by atoms with Crippen LogP contribution >= 0.6 is 15.9 Å². The van der Waals surface area contributed by atoms with Crippen molar-refractivity contribution in [3.63, 3.8) is 0 Å². The number of amides is 1. The van der Waals surface area contributed by atoms with E-state index in [1.165, 1.54) is 0 Å². The van der Waals surface area contributed by atoms with Crippen LogP contribution in [0, 0.1) is 0 Å². The average Bonchev–Trinajstić information content (AvgIpc) is 2.37. The summed E-state index contributed by atoms with van der Waals surface area (Å²) < 4.78 is 4.63. The predicted molar refractivity (Wildman–Crippen MR) is 78.5 cm³/mol. The zero-order chi connectivity index (χ0) is 14.5. The van der Waals surface area contributed by atoms with Crippen LogP contribution in [0.3, 0.4) is 0 Å². The smallest absolute Gasteiger partial charge is 0.239 e. The maximum Gasteiger partial charge on any atom is 0.239 e. The Morgan fingerprint density at radius 3 is 2.58 bits per heavy atom. The molecule has 1 aromatic carbocycles. The van der Waals surface area contributed by atoms with Crippen LogP contribution in [-0.4, -0.2) is 40.5 Å². The monoisotopic (exact) mass is 329 g/mol. The van der Waals surface area contributed by atoms with Crippen molar-refractivity contribution in [3.05, 3.63) is 29.8 Å². The molecule has 19 heavy (non-hydrogen) atoms. The van der Waals surface area contributed by atoms with Crippen molar-refractivity contribution in [2.45, 2.75) is 24.7 Å². The molecule has 0 aliphatic heterocycles. The fourth-order valence-corrected chi connectivity index (χ4v) is 2.04. The van der Waals surface area contributed by atoms with Gasteiger partial charge in [0.05, 0.1) is 18.0 Å². The van der Waals surface area contributed by atoms with Crippen LogP contribution in [0.5, 0.6) is 5.75 Å². The van der Waals surface area contributed by atoms with E-state index in [0.717, 1.165) is 11.3 Å². The number of hydrogen-bond acceptors (Lipinski definition) is 3. The highest BCUT2D eigenvalue weighted by molar-refractivity contribution is 9.10. The van der Waals surface area contributed by atoms with Gasteiger partial charge in [0.15, 0.2) is 0 Å². The second kappa shape index (κ2) is 6.91. The van der Waals surface area contributed by atoms with Crippen molar-refractivity contribution in [3.8, 4) is 5.75 Å². The van der Waals surface area contributed by atoms with E-state index < -0.39 is 4.32 Å². The third-order valence-electron chi connectivity index (χ3n) is 2.72. The summed E-state index contributed by atoms with van der Waals surface area (Å²) in [6.45, 7) is 4.23. The quantitative estimate of drug-likeness (QED) is 0.814. The van der Waals surface area contributed by atoms with Crippen molar-refractivity contribution < 1.29 is 14.6 Å². The van der Waals surface area contributed by atoms with E-state index in [0.29, 0.717) is 13.1 Å². The number of ether oxygens (including phenoxy) is 1. The van der Waals surface area contributed by atoms with E-state index in [9.17, 15) is 4.79 Å². The average molecular weight is 330 g/mol. The lowest BCUT2D eigenvalue weighted by Gasteiger charge is -2.28. The molecular weight excluding hydrogens is 310 g/mol. The lowest BCUT2D eigenvalue weighted by Crippen LogP contribution is -2.42. The maximum absolute atomic E-state index is 12.3. The SMILES string of the molecule is COc1ccccc1CN(CCO)C(=O)C(C)(C)Br. The fourth-order valence-electron chi connectivity index (χ4n) is 1.79. The number of halogens is 1. The molecule has 1 aromatic rings. The van der Waals surface area contributed by atoms with Crippen LogP contribution in [-0.2, 0) is 11.3 Å². The van der Waals surface area contributed by atoms with E-state index >= 15 is 0 Å². The van der Waals surface area contributed by atoms with Gasteiger partial charge >= 0.3 is 0 Å². The number of carbonyl (C=O) groups is 1. The number of rotatable bonds is 6. The van der Waals surface area contributed by atoms with Crippen molar-refractivity contribution >= 4 is 21.8 Å². The van der Waals surface area contributed by atoms with Gasteiger partial charge in [-0.2, -0.15) is 0 Å². The highest BCUT2D eigenvalue weighted by atomic mass is 79.9. The molecule has 5 heteroatoms. The van der Waals surface area contributed by atoms with E-state index in [2.05, 4.69) is 15.9 Å². The number of methoxy groups -OCH3 is 1. The minimum Gasteiger partial charge on any atom is -0.496 e. The Bertz CT molecular complexity index is 429. The van der Waals surface area contributed by atoms with Gasteiger partial charge in [-0.05, 0) is 19.9 Å². The van der Waals surface area contributed by atoms with Crippen molar-refractivity contribution in [2.24, 2.45) is 0 Å². The Hall–Kier alpha value is -1.07. The number of alkyl halides is 1. The molecule has 0 atom stereocenters. The molecule has 0 aromatic heterocycles. The highest BCUT2D eigenvalue weighted by Gasteiger charge is 2.29. The molecule has 1 amide bonds. The largest absolute Gasteiger partial charge is 0.496 e. The summed E-state index contributed by atoms with van der Waals surface area (Å²) in [7, 11) is 1.60. The highest BCUT2D eigenvalue weighted by Crippen LogP contribution is 2.23. The Labute approximate surface area is 122 Å². The number of hydrogen-bond donors (Lipinski definition) is 1. The Morgan fingerprint density at radius 2 is 2.05 bits per heavy atom. The van der Waals surface area contributed by atoms with Crippen molar-refractivity contribution in [2.75, 3.05) is 20.3 Å². The Kier molecular flexibility index (Phi) is 5.82. The molecule has 0 unspecified atom stereocenters. The molecule has 0 spiro atoms. The van der Waals surface area contributed by atoms with Crippen molar-refractivity contribution in [1.29, 1.82) is 0 Å². The predicted octanol–water partition coefficient (Wildman–Crippen LogP) is 2.19. The zero-order valence-corrected chi connectivity index (χ0v) is 13.1.